The van der Waals surface area contributed by atoms with Crippen LogP contribution in [0.15, 0.2) is 34.9 Å². The number of amides is 2. The number of anilines is 1. The smallest absolute Gasteiger partial charge is 0.333 e. The van der Waals surface area contributed by atoms with Crippen LogP contribution in [0.3, 0.4) is 0 Å². The Kier molecular flexibility index (Phi) is 4.24. The molecule has 1 aliphatic carbocycles. The van der Waals surface area contributed by atoms with Crippen LogP contribution in [0.1, 0.15) is 35.8 Å². The monoisotopic (exact) mass is 319 g/mol. The average Bonchev–Trinajstić information content (AvgIpc) is 2.98. The Morgan fingerprint density at radius 2 is 2.23 bits per heavy atom. The Morgan fingerprint density at radius 3 is 3.09 bits per heavy atom. The van der Waals surface area contributed by atoms with E-state index in [1.807, 2.05) is 31.2 Å². The molecule has 0 bridgehead atoms. The van der Waals surface area contributed by atoms with Gasteiger partial charge in [-0.3, -0.25) is 10.9 Å². The van der Waals surface area contributed by atoms with Gasteiger partial charge in [0, 0.05) is 17.0 Å². The first kappa shape index (κ1) is 14.8. The van der Waals surface area contributed by atoms with Crippen molar-refractivity contribution in [2.24, 2.45) is 0 Å². The van der Waals surface area contributed by atoms with Crippen LogP contribution in [0.5, 0.6) is 0 Å². The van der Waals surface area contributed by atoms with Crippen molar-refractivity contribution in [2.75, 3.05) is 5.43 Å². The zero-order valence-electron chi connectivity index (χ0n) is 12.3. The summed E-state index contributed by atoms with van der Waals surface area (Å²) in [7, 11) is 0. The van der Waals surface area contributed by atoms with Crippen molar-refractivity contribution in [3.63, 3.8) is 0 Å². The molecule has 116 valence electrons. The van der Waals surface area contributed by atoms with Gasteiger partial charge in [-0.05, 0) is 43.5 Å². The van der Waals surface area contributed by atoms with Crippen LogP contribution in [0.2, 0.25) is 5.02 Å². The Morgan fingerprint density at radius 1 is 1.36 bits per heavy atom. The van der Waals surface area contributed by atoms with Gasteiger partial charge in [-0.15, -0.1) is 0 Å². The Bertz CT molecular complexity index is 684. The largest absolute Gasteiger partial charge is 0.469 e. The normalized spacial score (nSPS) is 16.7. The number of rotatable bonds is 3. The maximum absolute atomic E-state index is 12.1. The van der Waals surface area contributed by atoms with Crippen molar-refractivity contribution in [3.8, 4) is 0 Å². The number of hydrogen-bond acceptors (Lipinski definition) is 3. The molecule has 6 heteroatoms. The maximum atomic E-state index is 12.1. The molecule has 1 heterocycles. The minimum absolute atomic E-state index is 0.00948. The van der Waals surface area contributed by atoms with Gasteiger partial charge in [0.15, 0.2) is 0 Å². The van der Waals surface area contributed by atoms with Crippen molar-refractivity contribution < 1.29 is 9.21 Å². The average molecular weight is 320 g/mol. The van der Waals surface area contributed by atoms with Gasteiger partial charge in [0.1, 0.15) is 5.76 Å². The van der Waals surface area contributed by atoms with E-state index < -0.39 is 0 Å². The SMILES string of the molecule is Cc1c(Cl)cccc1NNC(=O)NC1CCCc2occc21. The van der Waals surface area contributed by atoms with Crippen LogP contribution in [0.25, 0.3) is 0 Å². The molecular weight excluding hydrogens is 302 g/mol. The van der Waals surface area contributed by atoms with Crippen LogP contribution in [0, 0.1) is 6.92 Å². The summed E-state index contributed by atoms with van der Waals surface area (Å²) in [6.45, 7) is 1.89. The summed E-state index contributed by atoms with van der Waals surface area (Å²) in [4.78, 5) is 12.1. The second kappa shape index (κ2) is 6.32. The summed E-state index contributed by atoms with van der Waals surface area (Å²) in [5, 5.41) is 3.62. The van der Waals surface area contributed by atoms with Crippen LogP contribution in [-0.2, 0) is 6.42 Å². The number of halogens is 1. The molecule has 3 N–H and O–H groups in total. The van der Waals surface area contributed by atoms with E-state index in [1.54, 1.807) is 6.26 Å². The van der Waals surface area contributed by atoms with Crippen molar-refractivity contribution in [1.82, 2.24) is 10.7 Å². The van der Waals surface area contributed by atoms with Crippen LogP contribution in [-0.4, -0.2) is 6.03 Å². The molecule has 5 nitrogen and oxygen atoms in total. The maximum Gasteiger partial charge on any atom is 0.333 e. The van der Waals surface area contributed by atoms with E-state index in [1.165, 1.54) is 0 Å². The predicted octanol–water partition coefficient (Wildman–Crippen LogP) is 3.95. The molecule has 0 radical (unpaired) electrons. The Balaban J connectivity index is 1.59. The first-order chi connectivity index (χ1) is 10.6. The van der Waals surface area contributed by atoms with Gasteiger partial charge in [0.25, 0.3) is 0 Å². The van der Waals surface area contributed by atoms with Crippen molar-refractivity contribution in [1.29, 1.82) is 0 Å². The van der Waals surface area contributed by atoms with E-state index in [9.17, 15) is 4.79 Å². The highest BCUT2D eigenvalue weighted by atomic mass is 35.5. The Hall–Kier alpha value is -2.14. The number of fused-ring (bicyclic) bond motifs is 1. The van der Waals surface area contributed by atoms with Crippen LogP contribution < -0.4 is 16.2 Å². The topological polar surface area (TPSA) is 66.3 Å². The number of nitrogens with one attached hydrogen (secondary N) is 3. The molecule has 1 aliphatic rings. The second-order valence-corrected chi connectivity index (χ2v) is 5.79. The lowest BCUT2D eigenvalue weighted by atomic mass is 9.93. The number of carbonyl (C=O) groups excluding carboxylic acids is 1. The highest BCUT2D eigenvalue weighted by molar-refractivity contribution is 6.31. The molecule has 1 atom stereocenters. The van der Waals surface area contributed by atoms with Crippen LogP contribution >= 0.6 is 11.6 Å². The highest BCUT2D eigenvalue weighted by Crippen LogP contribution is 2.30. The van der Waals surface area contributed by atoms with Gasteiger partial charge in [-0.2, -0.15) is 0 Å². The number of aryl methyl sites for hydroxylation is 1. The molecule has 1 aromatic carbocycles. The fourth-order valence-corrected chi connectivity index (χ4v) is 2.87. The molecule has 0 saturated carbocycles. The third kappa shape index (κ3) is 3.04. The van der Waals surface area contributed by atoms with E-state index >= 15 is 0 Å². The first-order valence-corrected chi connectivity index (χ1v) is 7.67. The molecule has 1 aromatic heterocycles. The van der Waals surface area contributed by atoms with Crippen molar-refractivity contribution in [2.45, 2.75) is 32.2 Å². The summed E-state index contributed by atoms with van der Waals surface area (Å²) in [6.07, 6.45) is 4.53. The van der Waals surface area contributed by atoms with Crippen molar-refractivity contribution >= 4 is 23.3 Å². The molecule has 0 saturated heterocycles. The number of urea groups is 1. The molecule has 2 aromatic rings. The fourth-order valence-electron chi connectivity index (χ4n) is 2.70. The number of benzene rings is 1. The van der Waals surface area contributed by atoms with Gasteiger partial charge < -0.3 is 9.73 Å². The van der Waals surface area contributed by atoms with E-state index in [0.717, 1.165) is 41.8 Å². The van der Waals surface area contributed by atoms with Gasteiger partial charge >= 0.3 is 6.03 Å². The van der Waals surface area contributed by atoms with E-state index in [0.29, 0.717) is 5.02 Å². The second-order valence-electron chi connectivity index (χ2n) is 5.38. The fraction of sp³-hybridized carbons (Fsp3) is 0.312. The number of carbonyl (C=O) groups is 1. The van der Waals surface area contributed by atoms with Crippen LogP contribution in [0.4, 0.5) is 10.5 Å². The van der Waals surface area contributed by atoms with E-state index in [-0.39, 0.29) is 12.1 Å². The third-order valence-electron chi connectivity index (χ3n) is 3.94. The molecule has 0 spiro atoms. The molecule has 2 amide bonds. The molecule has 0 aliphatic heterocycles. The molecule has 0 fully saturated rings. The molecule has 3 rings (SSSR count). The van der Waals surface area contributed by atoms with Gasteiger partial charge in [0.2, 0.25) is 0 Å². The summed E-state index contributed by atoms with van der Waals surface area (Å²) >= 11 is 6.05. The van der Waals surface area contributed by atoms with E-state index in [2.05, 4.69) is 16.2 Å². The lowest BCUT2D eigenvalue weighted by Gasteiger charge is -2.23. The zero-order valence-corrected chi connectivity index (χ0v) is 13.0. The number of furan rings is 1. The van der Waals surface area contributed by atoms with E-state index in [4.69, 9.17) is 16.0 Å². The third-order valence-corrected chi connectivity index (χ3v) is 4.35. The summed E-state index contributed by atoms with van der Waals surface area (Å²) < 4.78 is 5.42. The van der Waals surface area contributed by atoms with Crippen molar-refractivity contribution in [3.05, 3.63) is 52.4 Å². The number of hydrogen-bond donors (Lipinski definition) is 3. The molecular formula is C16H18ClN3O2. The lowest BCUT2D eigenvalue weighted by Crippen LogP contribution is -2.41. The first-order valence-electron chi connectivity index (χ1n) is 7.29. The summed E-state index contributed by atoms with van der Waals surface area (Å²) in [5.74, 6) is 0.968. The predicted molar refractivity (Wildman–Crippen MR) is 85.9 cm³/mol. The quantitative estimate of drug-likeness (QED) is 0.751. The highest BCUT2D eigenvalue weighted by Gasteiger charge is 2.23. The summed E-state index contributed by atoms with van der Waals surface area (Å²) in [6, 6.07) is 7.13. The Labute approximate surface area is 134 Å². The standard InChI is InChI=1S/C16H18ClN3O2/c1-10-12(17)4-2-5-13(10)19-20-16(21)18-14-6-3-7-15-11(14)8-9-22-15/h2,4-5,8-9,14,19H,3,6-7H2,1H3,(H2,18,20,21). The minimum atomic E-state index is -0.279. The van der Waals surface area contributed by atoms with Gasteiger partial charge in [-0.25, -0.2) is 4.79 Å². The summed E-state index contributed by atoms with van der Waals surface area (Å²) in [5.41, 5.74) is 8.27. The van der Waals surface area contributed by atoms with Gasteiger partial charge in [0.05, 0.1) is 18.0 Å². The van der Waals surface area contributed by atoms with Gasteiger partial charge in [-0.1, -0.05) is 17.7 Å². The minimum Gasteiger partial charge on any atom is -0.469 e. The lowest BCUT2D eigenvalue weighted by molar-refractivity contribution is 0.237. The number of hydrazine groups is 1. The molecule has 1 unspecified atom stereocenters. The zero-order chi connectivity index (χ0) is 15.5. The molecule has 22 heavy (non-hydrogen) atoms.